The molecule has 0 spiro atoms. The molecule has 0 heterocycles. The van der Waals surface area contributed by atoms with Crippen molar-refractivity contribution in [3.8, 4) is 11.5 Å². The molecule has 152 valence electrons. The normalized spacial score (nSPS) is 10.6. The molecule has 0 radical (unpaired) electrons. The van der Waals surface area contributed by atoms with Crippen LogP contribution in [0.15, 0.2) is 77.9 Å². The van der Waals surface area contributed by atoms with Crippen molar-refractivity contribution in [3.63, 3.8) is 0 Å². The fourth-order valence-electron chi connectivity index (χ4n) is 2.50. The van der Waals surface area contributed by atoms with E-state index in [1.165, 1.54) is 12.3 Å². The first-order valence-electron chi connectivity index (χ1n) is 9.19. The number of hydrazone groups is 1. The monoisotopic (exact) mass is 422 g/mol. The maximum atomic E-state index is 12.1. The molecule has 0 saturated carbocycles. The van der Waals surface area contributed by atoms with Crippen LogP contribution in [-0.4, -0.2) is 24.7 Å². The minimum Gasteiger partial charge on any atom is -0.494 e. The number of rotatable bonds is 7. The summed E-state index contributed by atoms with van der Waals surface area (Å²) in [7, 11) is 0. The summed E-state index contributed by atoms with van der Waals surface area (Å²) < 4.78 is 10.7. The van der Waals surface area contributed by atoms with Gasteiger partial charge in [0.2, 0.25) is 0 Å². The lowest BCUT2D eigenvalue weighted by Gasteiger charge is -2.05. The molecule has 0 aliphatic heterocycles. The molecule has 0 atom stereocenters. The Morgan fingerprint density at radius 1 is 0.967 bits per heavy atom. The summed E-state index contributed by atoms with van der Waals surface area (Å²) in [6, 6.07) is 20.0. The van der Waals surface area contributed by atoms with Crippen molar-refractivity contribution in [2.45, 2.75) is 6.92 Å². The van der Waals surface area contributed by atoms with E-state index < -0.39 is 5.97 Å². The molecule has 1 N–H and O–H groups in total. The van der Waals surface area contributed by atoms with E-state index in [0.29, 0.717) is 34.3 Å². The second-order valence-corrected chi connectivity index (χ2v) is 6.56. The van der Waals surface area contributed by atoms with Crippen LogP contribution in [0.1, 0.15) is 33.2 Å². The summed E-state index contributed by atoms with van der Waals surface area (Å²) >= 11 is 5.88. The number of carbonyl (C=O) groups is 2. The van der Waals surface area contributed by atoms with Gasteiger partial charge in [0.25, 0.3) is 5.91 Å². The average Bonchev–Trinajstić information content (AvgIpc) is 2.75. The van der Waals surface area contributed by atoms with Crippen molar-refractivity contribution in [1.29, 1.82) is 0 Å². The van der Waals surface area contributed by atoms with Crippen molar-refractivity contribution >= 4 is 29.7 Å². The lowest BCUT2D eigenvalue weighted by atomic mass is 10.2. The van der Waals surface area contributed by atoms with Crippen LogP contribution in [0.2, 0.25) is 5.02 Å². The molecule has 1 amide bonds. The zero-order valence-electron chi connectivity index (χ0n) is 16.2. The van der Waals surface area contributed by atoms with E-state index in [0.717, 1.165) is 5.56 Å². The molecule has 3 aromatic carbocycles. The van der Waals surface area contributed by atoms with Gasteiger partial charge in [0.1, 0.15) is 11.5 Å². The number of carbonyl (C=O) groups excluding carboxylic acids is 2. The van der Waals surface area contributed by atoms with E-state index in [9.17, 15) is 9.59 Å². The summed E-state index contributed by atoms with van der Waals surface area (Å²) in [6.45, 7) is 2.46. The van der Waals surface area contributed by atoms with E-state index in [2.05, 4.69) is 10.5 Å². The molecule has 0 saturated heterocycles. The Bertz CT molecular complexity index is 1050. The Balaban J connectivity index is 1.54. The smallest absolute Gasteiger partial charge is 0.343 e. The minimum absolute atomic E-state index is 0.332. The molecule has 0 aliphatic rings. The topological polar surface area (TPSA) is 77.0 Å². The molecule has 0 fully saturated rings. The Labute approximate surface area is 179 Å². The van der Waals surface area contributed by atoms with Crippen LogP contribution in [0.3, 0.4) is 0 Å². The molecular weight excluding hydrogens is 404 g/mol. The van der Waals surface area contributed by atoms with Gasteiger partial charge in [-0.25, -0.2) is 10.2 Å². The van der Waals surface area contributed by atoms with Crippen molar-refractivity contribution < 1.29 is 19.1 Å². The van der Waals surface area contributed by atoms with Gasteiger partial charge in [0, 0.05) is 10.6 Å². The number of nitrogens with one attached hydrogen (secondary N) is 1. The summed E-state index contributed by atoms with van der Waals surface area (Å²) in [5, 5.41) is 4.41. The SMILES string of the molecule is CCOc1ccc(C(=O)NN=Cc2ccc(OC(=O)c3cccc(Cl)c3)cc2)cc1. The second kappa shape index (κ2) is 10.2. The first kappa shape index (κ1) is 21.1. The van der Waals surface area contributed by atoms with Gasteiger partial charge in [0.05, 0.1) is 18.4 Å². The van der Waals surface area contributed by atoms with Crippen molar-refractivity contribution in [2.75, 3.05) is 6.61 Å². The highest BCUT2D eigenvalue weighted by atomic mass is 35.5. The number of halogens is 1. The fourth-order valence-corrected chi connectivity index (χ4v) is 2.69. The number of hydrogen-bond acceptors (Lipinski definition) is 5. The van der Waals surface area contributed by atoms with Crippen LogP contribution in [0, 0.1) is 0 Å². The maximum Gasteiger partial charge on any atom is 0.343 e. The Kier molecular flexibility index (Phi) is 7.19. The molecule has 3 rings (SSSR count). The molecule has 0 aromatic heterocycles. The van der Waals surface area contributed by atoms with Crippen molar-refractivity contribution in [1.82, 2.24) is 5.43 Å². The van der Waals surface area contributed by atoms with E-state index in [1.54, 1.807) is 66.7 Å². The van der Waals surface area contributed by atoms with Crippen molar-refractivity contribution in [3.05, 3.63) is 94.5 Å². The van der Waals surface area contributed by atoms with E-state index in [-0.39, 0.29) is 5.91 Å². The largest absolute Gasteiger partial charge is 0.494 e. The molecule has 0 aliphatic carbocycles. The molecule has 0 unspecified atom stereocenters. The lowest BCUT2D eigenvalue weighted by Crippen LogP contribution is -2.17. The minimum atomic E-state index is -0.499. The van der Waals surface area contributed by atoms with Gasteiger partial charge < -0.3 is 9.47 Å². The first-order valence-corrected chi connectivity index (χ1v) is 9.57. The number of esters is 1. The van der Waals surface area contributed by atoms with E-state index >= 15 is 0 Å². The predicted molar refractivity (Wildman–Crippen MR) is 116 cm³/mol. The van der Waals surface area contributed by atoms with Gasteiger partial charge in [0.15, 0.2) is 0 Å². The zero-order valence-corrected chi connectivity index (χ0v) is 16.9. The van der Waals surface area contributed by atoms with Crippen LogP contribution in [0.25, 0.3) is 0 Å². The number of amides is 1. The summed E-state index contributed by atoms with van der Waals surface area (Å²) in [5.74, 6) is 0.257. The van der Waals surface area contributed by atoms with Gasteiger partial charge in [-0.15, -0.1) is 0 Å². The first-order chi connectivity index (χ1) is 14.5. The van der Waals surface area contributed by atoms with E-state index in [4.69, 9.17) is 21.1 Å². The number of hydrogen-bond donors (Lipinski definition) is 1. The highest BCUT2D eigenvalue weighted by Gasteiger charge is 2.09. The lowest BCUT2D eigenvalue weighted by molar-refractivity contribution is 0.0734. The molecular formula is C23H19ClN2O4. The maximum absolute atomic E-state index is 12.1. The average molecular weight is 423 g/mol. The standard InChI is InChI=1S/C23H19ClN2O4/c1-2-29-20-12-8-17(9-13-20)22(27)26-25-15-16-6-10-21(11-7-16)30-23(28)18-4-3-5-19(24)14-18/h3-15H,2H2,1H3,(H,26,27). The second-order valence-electron chi connectivity index (χ2n) is 6.13. The molecule has 30 heavy (non-hydrogen) atoms. The Morgan fingerprint density at radius 3 is 2.33 bits per heavy atom. The van der Waals surface area contributed by atoms with Crippen LogP contribution < -0.4 is 14.9 Å². The van der Waals surface area contributed by atoms with Crippen molar-refractivity contribution in [2.24, 2.45) is 5.10 Å². The Morgan fingerprint density at radius 2 is 1.67 bits per heavy atom. The molecule has 6 nitrogen and oxygen atoms in total. The fraction of sp³-hybridized carbons (Fsp3) is 0.0870. The quantitative estimate of drug-likeness (QED) is 0.258. The summed E-state index contributed by atoms with van der Waals surface area (Å²) in [4.78, 5) is 24.2. The van der Waals surface area contributed by atoms with Crippen LogP contribution >= 0.6 is 11.6 Å². The third-order valence-corrected chi connectivity index (χ3v) is 4.19. The number of ether oxygens (including phenoxy) is 2. The van der Waals surface area contributed by atoms with Crippen LogP contribution in [0.5, 0.6) is 11.5 Å². The highest BCUT2D eigenvalue weighted by molar-refractivity contribution is 6.30. The third kappa shape index (κ3) is 5.93. The Hall–Kier alpha value is -3.64. The number of nitrogens with zero attached hydrogens (tertiary/aromatic N) is 1. The third-order valence-electron chi connectivity index (χ3n) is 3.96. The van der Waals surface area contributed by atoms with Gasteiger partial charge in [-0.2, -0.15) is 5.10 Å². The number of benzene rings is 3. The van der Waals surface area contributed by atoms with Gasteiger partial charge in [-0.05, 0) is 79.2 Å². The molecule has 3 aromatic rings. The molecule has 7 heteroatoms. The van der Waals surface area contributed by atoms with Gasteiger partial charge >= 0.3 is 5.97 Å². The van der Waals surface area contributed by atoms with Crippen LogP contribution in [-0.2, 0) is 0 Å². The zero-order chi connectivity index (χ0) is 21.3. The summed E-state index contributed by atoms with van der Waals surface area (Å²) in [5.41, 5.74) is 4.03. The van der Waals surface area contributed by atoms with Gasteiger partial charge in [-0.1, -0.05) is 17.7 Å². The molecule has 0 bridgehead atoms. The van der Waals surface area contributed by atoms with E-state index in [1.807, 2.05) is 6.92 Å². The summed E-state index contributed by atoms with van der Waals surface area (Å²) in [6.07, 6.45) is 1.50. The van der Waals surface area contributed by atoms with Crippen LogP contribution in [0.4, 0.5) is 0 Å². The van der Waals surface area contributed by atoms with Gasteiger partial charge in [-0.3, -0.25) is 4.79 Å². The highest BCUT2D eigenvalue weighted by Crippen LogP contribution is 2.16. The predicted octanol–water partition coefficient (Wildman–Crippen LogP) is 4.72.